The van der Waals surface area contributed by atoms with Crippen molar-refractivity contribution >= 4 is 23.0 Å². The third-order valence-corrected chi connectivity index (χ3v) is 1.71. The number of thiocarbonyl (C=S) groups is 1. The van der Waals surface area contributed by atoms with E-state index in [9.17, 15) is 0 Å². The van der Waals surface area contributed by atoms with Crippen molar-refractivity contribution in [3.8, 4) is 5.75 Å². The largest absolute Gasteiger partial charge is 0.508 e. The highest BCUT2D eigenvalue weighted by Gasteiger charge is 1.94. The van der Waals surface area contributed by atoms with Crippen molar-refractivity contribution in [3.05, 3.63) is 24.3 Å². The molecule has 4 heteroatoms. The van der Waals surface area contributed by atoms with Gasteiger partial charge in [-0.05, 0) is 43.4 Å². The highest BCUT2D eigenvalue weighted by molar-refractivity contribution is 7.80. The minimum atomic E-state index is 0.250. The molecule has 70 valence electrons. The number of phenols is 1. The molecule has 0 heterocycles. The topological polar surface area (TPSA) is 44.3 Å². The number of rotatable bonds is 2. The first-order chi connectivity index (χ1) is 6.22. The van der Waals surface area contributed by atoms with E-state index in [1.807, 2.05) is 6.92 Å². The van der Waals surface area contributed by atoms with Crippen LogP contribution >= 0.6 is 12.2 Å². The maximum atomic E-state index is 9.02. The second-order valence-corrected chi connectivity index (χ2v) is 2.94. The molecule has 0 fully saturated rings. The van der Waals surface area contributed by atoms with Gasteiger partial charge in [-0.1, -0.05) is 0 Å². The zero-order valence-electron chi connectivity index (χ0n) is 7.37. The molecular weight excluding hydrogens is 184 g/mol. The Balaban J connectivity index is 2.54. The fourth-order valence-corrected chi connectivity index (χ4v) is 1.14. The first-order valence-electron chi connectivity index (χ1n) is 4.06. The molecule has 0 unspecified atom stereocenters. The summed E-state index contributed by atoms with van der Waals surface area (Å²) in [5.74, 6) is 0.250. The normalized spacial score (nSPS) is 9.31. The molecule has 3 N–H and O–H groups in total. The molecule has 3 nitrogen and oxygen atoms in total. The van der Waals surface area contributed by atoms with Crippen molar-refractivity contribution in [1.82, 2.24) is 5.32 Å². The second-order valence-electron chi connectivity index (χ2n) is 2.53. The van der Waals surface area contributed by atoms with Crippen molar-refractivity contribution in [2.75, 3.05) is 11.9 Å². The number of benzene rings is 1. The lowest BCUT2D eigenvalue weighted by Crippen LogP contribution is -2.27. The van der Waals surface area contributed by atoms with Crippen molar-refractivity contribution in [3.63, 3.8) is 0 Å². The molecule has 1 rings (SSSR count). The Morgan fingerprint density at radius 2 is 2.00 bits per heavy atom. The average Bonchev–Trinajstić information content (AvgIpc) is 2.09. The van der Waals surface area contributed by atoms with Gasteiger partial charge in [-0.2, -0.15) is 0 Å². The van der Waals surface area contributed by atoms with E-state index in [-0.39, 0.29) is 5.75 Å². The van der Waals surface area contributed by atoms with E-state index in [1.54, 1.807) is 24.3 Å². The second kappa shape index (κ2) is 4.67. The van der Waals surface area contributed by atoms with E-state index >= 15 is 0 Å². The van der Waals surface area contributed by atoms with Crippen molar-refractivity contribution in [1.29, 1.82) is 0 Å². The first-order valence-corrected chi connectivity index (χ1v) is 4.47. The Bertz CT molecular complexity index is 284. The number of phenolic OH excluding ortho intramolecular Hbond substituents is 1. The molecule has 0 spiro atoms. The molecular formula is C9H12N2OS. The van der Waals surface area contributed by atoms with Crippen LogP contribution in [0.1, 0.15) is 6.92 Å². The van der Waals surface area contributed by atoms with Gasteiger partial charge in [-0.3, -0.25) is 0 Å². The summed E-state index contributed by atoms with van der Waals surface area (Å²) in [6.07, 6.45) is 0. The quantitative estimate of drug-likeness (QED) is 0.497. The van der Waals surface area contributed by atoms with E-state index in [0.29, 0.717) is 5.11 Å². The Morgan fingerprint density at radius 3 is 2.54 bits per heavy atom. The molecule has 0 saturated heterocycles. The molecule has 13 heavy (non-hydrogen) atoms. The summed E-state index contributed by atoms with van der Waals surface area (Å²) >= 11 is 4.98. The zero-order valence-corrected chi connectivity index (χ0v) is 8.19. The van der Waals surface area contributed by atoms with Gasteiger partial charge in [-0.15, -0.1) is 0 Å². The fourth-order valence-electron chi connectivity index (χ4n) is 0.881. The van der Waals surface area contributed by atoms with Gasteiger partial charge in [0.05, 0.1) is 0 Å². The van der Waals surface area contributed by atoms with E-state index in [1.165, 1.54) is 0 Å². The highest BCUT2D eigenvalue weighted by atomic mass is 32.1. The van der Waals surface area contributed by atoms with Crippen LogP contribution in [0.5, 0.6) is 5.75 Å². The van der Waals surface area contributed by atoms with Gasteiger partial charge in [0.25, 0.3) is 0 Å². The third kappa shape index (κ3) is 3.29. The maximum Gasteiger partial charge on any atom is 0.170 e. The third-order valence-electron chi connectivity index (χ3n) is 1.46. The van der Waals surface area contributed by atoms with E-state index < -0.39 is 0 Å². The van der Waals surface area contributed by atoms with Gasteiger partial charge in [0.15, 0.2) is 5.11 Å². The Labute approximate surface area is 82.8 Å². The van der Waals surface area contributed by atoms with Crippen LogP contribution in [-0.2, 0) is 0 Å². The molecule has 0 aliphatic heterocycles. The highest BCUT2D eigenvalue weighted by Crippen LogP contribution is 2.13. The Kier molecular flexibility index (Phi) is 3.52. The summed E-state index contributed by atoms with van der Waals surface area (Å²) in [4.78, 5) is 0. The van der Waals surface area contributed by atoms with Crippen LogP contribution in [0.3, 0.4) is 0 Å². The van der Waals surface area contributed by atoms with Crippen LogP contribution in [0.15, 0.2) is 24.3 Å². The fraction of sp³-hybridized carbons (Fsp3) is 0.222. The number of hydrogen-bond acceptors (Lipinski definition) is 2. The lowest BCUT2D eigenvalue weighted by molar-refractivity contribution is 0.475. The molecule has 0 atom stereocenters. The van der Waals surface area contributed by atoms with Gasteiger partial charge in [0, 0.05) is 12.2 Å². The van der Waals surface area contributed by atoms with Crippen LogP contribution in [0.25, 0.3) is 0 Å². The smallest absolute Gasteiger partial charge is 0.170 e. The van der Waals surface area contributed by atoms with Crippen LogP contribution in [0, 0.1) is 0 Å². The van der Waals surface area contributed by atoms with E-state index in [4.69, 9.17) is 17.3 Å². The number of anilines is 1. The first kappa shape index (κ1) is 9.80. The van der Waals surface area contributed by atoms with Crippen LogP contribution in [0.2, 0.25) is 0 Å². The minimum absolute atomic E-state index is 0.250. The molecule has 1 aromatic rings. The maximum absolute atomic E-state index is 9.02. The predicted molar refractivity (Wildman–Crippen MR) is 58.0 cm³/mol. The molecule has 0 radical (unpaired) electrons. The molecule has 1 aromatic carbocycles. The molecule has 0 aliphatic carbocycles. The molecule has 0 amide bonds. The Morgan fingerprint density at radius 1 is 1.38 bits per heavy atom. The van der Waals surface area contributed by atoms with Crippen LogP contribution < -0.4 is 10.6 Å². The van der Waals surface area contributed by atoms with Crippen molar-refractivity contribution < 1.29 is 5.11 Å². The monoisotopic (exact) mass is 196 g/mol. The standard InChI is InChI=1S/C9H12N2OS/c1-2-10-9(13)11-7-3-5-8(12)6-4-7/h3-6,12H,2H2,1H3,(H2,10,11,13). The molecule has 0 saturated carbocycles. The lowest BCUT2D eigenvalue weighted by atomic mass is 10.3. The van der Waals surface area contributed by atoms with Gasteiger partial charge in [-0.25, -0.2) is 0 Å². The SMILES string of the molecule is CCNC(=S)Nc1ccc(O)cc1. The molecule has 0 bridgehead atoms. The summed E-state index contributed by atoms with van der Waals surface area (Å²) in [5.41, 5.74) is 0.865. The summed E-state index contributed by atoms with van der Waals surface area (Å²) < 4.78 is 0. The number of hydrogen-bond donors (Lipinski definition) is 3. The van der Waals surface area contributed by atoms with E-state index in [2.05, 4.69) is 10.6 Å². The summed E-state index contributed by atoms with van der Waals surface area (Å²) in [6.45, 7) is 2.77. The number of aromatic hydroxyl groups is 1. The summed E-state index contributed by atoms with van der Waals surface area (Å²) in [5, 5.41) is 15.6. The van der Waals surface area contributed by atoms with E-state index in [0.717, 1.165) is 12.2 Å². The predicted octanol–water partition coefficient (Wildman–Crippen LogP) is 1.70. The lowest BCUT2D eigenvalue weighted by Gasteiger charge is -2.08. The van der Waals surface area contributed by atoms with Gasteiger partial charge >= 0.3 is 0 Å². The van der Waals surface area contributed by atoms with Gasteiger partial charge in [0.1, 0.15) is 5.75 Å². The summed E-state index contributed by atoms with van der Waals surface area (Å²) in [6, 6.07) is 6.74. The van der Waals surface area contributed by atoms with Crippen molar-refractivity contribution in [2.24, 2.45) is 0 Å². The average molecular weight is 196 g/mol. The van der Waals surface area contributed by atoms with Crippen LogP contribution in [-0.4, -0.2) is 16.8 Å². The molecule has 0 aromatic heterocycles. The molecule has 0 aliphatic rings. The van der Waals surface area contributed by atoms with Crippen LogP contribution in [0.4, 0.5) is 5.69 Å². The van der Waals surface area contributed by atoms with Crippen molar-refractivity contribution in [2.45, 2.75) is 6.92 Å². The number of nitrogens with one attached hydrogen (secondary N) is 2. The minimum Gasteiger partial charge on any atom is -0.508 e. The zero-order chi connectivity index (χ0) is 9.68. The Hall–Kier alpha value is -1.29. The van der Waals surface area contributed by atoms with Gasteiger partial charge < -0.3 is 15.7 Å². The van der Waals surface area contributed by atoms with Gasteiger partial charge in [0.2, 0.25) is 0 Å². The summed E-state index contributed by atoms with van der Waals surface area (Å²) in [7, 11) is 0.